The molecule has 2 saturated heterocycles. The topological polar surface area (TPSA) is 69.2 Å². The molecule has 0 radical (unpaired) electrons. The van der Waals surface area contributed by atoms with Crippen molar-refractivity contribution in [2.45, 2.75) is 18.9 Å². The zero-order chi connectivity index (χ0) is 10.7. The van der Waals surface area contributed by atoms with Crippen molar-refractivity contribution in [3.05, 3.63) is 0 Å². The van der Waals surface area contributed by atoms with Gasteiger partial charge in [0.25, 0.3) is 0 Å². The van der Waals surface area contributed by atoms with Crippen molar-refractivity contribution in [1.29, 1.82) is 0 Å². The maximum absolute atomic E-state index is 10.6. The molecule has 5 heteroatoms. The van der Waals surface area contributed by atoms with Gasteiger partial charge in [-0.1, -0.05) is 0 Å². The van der Waals surface area contributed by atoms with Crippen LogP contribution in [0.2, 0.25) is 0 Å². The molecular formula is C10H18N2O3. The Morgan fingerprint density at radius 2 is 2.47 bits per heavy atom. The number of nitrogens with zero attached hydrogens (tertiary/aromatic N) is 1. The molecule has 0 aromatic heterocycles. The summed E-state index contributed by atoms with van der Waals surface area (Å²) in [6, 6.07) is 0. The number of carbonyl (C=O) groups excluding carboxylic acids is 1. The van der Waals surface area contributed by atoms with E-state index in [4.69, 9.17) is 4.74 Å². The molecule has 5 nitrogen and oxygen atoms in total. The number of hydrogen-bond acceptors (Lipinski definition) is 3. The van der Waals surface area contributed by atoms with E-state index in [0.717, 1.165) is 32.5 Å². The molecule has 2 aliphatic rings. The number of hydrogen-bond donors (Lipinski definition) is 1. The number of nitrogens with two attached hydrogens (primary N) is 1. The first kappa shape index (κ1) is 10.7. The zero-order valence-corrected chi connectivity index (χ0v) is 8.85. The highest BCUT2D eigenvalue weighted by atomic mass is 16.5. The number of carboxylic acid groups (broad SMARTS) is 1. The SMILES string of the molecule is O=C([O-])N1CC[C@@H](C[C@H]2C[NH2+]CCO2)C1. The molecule has 2 atom stereocenters. The van der Waals surface area contributed by atoms with Crippen molar-refractivity contribution in [3.8, 4) is 0 Å². The van der Waals surface area contributed by atoms with Gasteiger partial charge in [0.2, 0.25) is 0 Å². The minimum Gasteiger partial charge on any atom is -0.530 e. The molecule has 0 spiro atoms. The molecule has 0 bridgehead atoms. The van der Waals surface area contributed by atoms with E-state index in [1.807, 2.05) is 0 Å². The average Bonchev–Trinajstić information content (AvgIpc) is 2.68. The lowest BCUT2D eigenvalue weighted by Crippen LogP contribution is -2.89. The van der Waals surface area contributed by atoms with Crippen LogP contribution in [0.15, 0.2) is 0 Å². The third-order valence-electron chi connectivity index (χ3n) is 3.25. The molecule has 2 fully saturated rings. The van der Waals surface area contributed by atoms with Gasteiger partial charge in [0.05, 0.1) is 13.2 Å². The van der Waals surface area contributed by atoms with E-state index in [-0.39, 0.29) is 0 Å². The molecular weight excluding hydrogens is 196 g/mol. The molecule has 15 heavy (non-hydrogen) atoms. The summed E-state index contributed by atoms with van der Waals surface area (Å²) in [7, 11) is 0. The average molecular weight is 214 g/mol. The molecule has 0 unspecified atom stereocenters. The van der Waals surface area contributed by atoms with Crippen LogP contribution in [-0.4, -0.2) is 49.9 Å². The molecule has 0 aliphatic carbocycles. The minimum atomic E-state index is -1.03. The molecule has 2 rings (SSSR count). The second-order valence-electron chi connectivity index (χ2n) is 4.41. The summed E-state index contributed by atoms with van der Waals surface area (Å²) in [6.45, 7) is 4.14. The second kappa shape index (κ2) is 4.81. The summed E-state index contributed by atoms with van der Waals surface area (Å²) in [5.74, 6) is 0.458. The fraction of sp³-hybridized carbons (Fsp3) is 0.900. The largest absolute Gasteiger partial charge is 0.530 e. The van der Waals surface area contributed by atoms with Crippen LogP contribution in [0, 0.1) is 5.92 Å². The molecule has 2 aliphatic heterocycles. The first-order chi connectivity index (χ1) is 7.25. The Kier molecular flexibility index (Phi) is 3.43. The van der Waals surface area contributed by atoms with Crippen molar-refractivity contribution in [1.82, 2.24) is 4.90 Å². The monoisotopic (exact) mass is 214 g/mol. The summed E-state index contributed by atoms with van der Waals surface area (Å²) < 4.78 is 5.62. The third-order valence-corrected chi connectivity index (χ3v) is 3.25. The first-order valence-corrected chi connectivity index (χ1v) is 5.65. The van der Waals surface area contributed by atoms with Crippen molar-refractivity contribution in [2.24, 2.45) is 5.92 Å². The summed E-state index contributed by atoms with van der Waals surface area (Å²) >= 11 is 0. The van der Waals surface area contributed by atoms with Crippen LogP contribution in [0.25, 0.3) is 0 Å². The summed E-state index contributed by atoms with van der Waals surface area (Å²) in [5.41, 5.74) is 0. The van der Waals surface area contributed by atoms with Gasteiger partial charge in [0.15, 0.2) is 0 Å². The van der Waals surface area contributed by atoms with E-state index in [2.05, 4.69) is 5.32 Å². The van der Waals surface area contributed by atoms with Crippen LogP contribution >= 0.6 is 0 Å². The second-order valence-corrected chi connectivity index (χ2v) is 4.41. The number of likely N-dealkylation sites (tertiary alicyclic amines) is 1. The van der Waals surface area contributed by atoms with Crippen LogP contribution in [0.1, 0.15) is 12.8 Å². The minimum absolute atomic E-state index is 0.311. The van der Waals surface area contributed by atoms with Crippen LogP contribution in [0.5, 0.6) is 0 Å². The Morgan fingerprint density at radius 1 is 1.60 bits per heavy atom. The molecule has 86 valence electrons. The third kappa shape index (κ3) is 2.82. The number of morpholine rings is 1. The van der Waals surface area contributed by atoms with Gasteiger partial charge in [-0.3, -0.25) is 0 Å². The van der Waals surface area contributed by atoms with Crippen molar-refractivity contribution < 1.29 is 20.0 Å². The van der Waals surface area contributed by atoms with Crippen LogP contribution in [0.3, 0.4) is 0 Å². The van der Waals surface area contributed by atoms with Crippen molar-refractivity contribution in [2.75, 3.05) is 32.8 Å². The molecule has 2 heterocycles. The predicted molar refractivity (Wildman–Crippen MR) is 51.1 cm³/mol. The van der Waals surface area contributed by atoms with E-state index in [0.29, 0.717) is 25.1 Å². The number of rotatable bonds is 2. The van der Waals surface area contributed by atoms with Crippen LogP contribution in [-0.2, 0) is 4.74 Å². The Labute approximate surface area is 89.4 Å². The van der Waals surface area contributed by atoms with Gasteiger partial charge in [-0.05, 0) is 18.8 Å². The Balaban J connectivity index is 1.74. The van der Waals surface area contributed by atoms with Crippen LogP contribution in [0.4, 0.5) is 4.79 Å². The van der Waals surface area contributed by atoms with E-state index in [1.54, 1.807) is 0 Å². The maximum Gasteiger partial charge on any atom is 0.136 e. The summed E-state index contributed by atoms with van der Waals surface area (Å²) in [4.78, 5) is 12.0. The highest BCUT2D eigenvalue weighted by Gasteiger charge is 2.27. The van der Waals surface area contributed by atoms with E-state index < -0.39 is 6.09 Å². The number of amides is 1. The fourth-order valence-corrected chi connectivity index (χ4v) is 2.42. The number of ether oxygens (including phenoxy) is 1. The highest BCUT2D eigenvalue weighted by Crippen LogP contribution is 2.21. The molecule has 0 aromatic rings. The lowest BCUT2D eigenvalue weighted by molar-refractivity contribution is -0.677. The van der Waals surface area contributed by atoms with Gasteiger partial charge < -0.3 is 24.9 Å². The number of carbonyl (C=O) groups is 1. The molecule has 0 aromatic carbocycles. The predicted octanol–water partition coefficient (Wildman–Crippen LogP) is -2.00. The molecule has 0 saturated carbocycles. The Morgan fingerprint density at radius 3 is 3.07 bits per heavy atom. The number of quaternary nitrogens is 1. The van der Waals surface area contributed by atoms with E-state index in [1.165, 1.54) is 4.90 Å². The zero-order valence-electron chi connectivity index (χ0n) is 8.85. The summed E-state index contributed by atoms with van der Waals surface area (Å²) in [5, 5.41) is 12.9. The smallest absolute Gasteiger partial charge is 0.136 e. The Hall–Kier alpha value is -0.810. The quantitative estimate of drug-likeness (QED) is 0.578. The van der Waals surface area contributed by atoms with Gasteiger partial charge in [-0.15, -0.1) is 0 Å². The lowest BCUT2D eigenvalue weighted by atomic mass is 10.0. The van der Waals surface area contributed by atoms with Gasteiger partial charge >= 0.3 is 0 Å². The standard InChI is InChI=1S/C10H18N2O3/c13-10(14)12-3-1-8(7-12)5-9-6-11-2-4-15-9/h8-9,11H,1-7H2,(H,13,14)/t8-,9-/m0/s1. The van der Waals surface area contributed by atoms with Crippen molar-refractivity contribution in [3.63, 3.8) is 0 Å². The molecule has 1 amide bonds. The van der Waals surface area contributed by atoms with Gasteiger partial charge in [0, 0.05) is 13.1 Å². The van der Waals surface area contributed by atoms with Gasteiger partial charge in [0.1, 0.15) is 18.7 Å². The Bertz CT molecular complexity index is 229. The van der Waals surface area contributed by atoms with Crippen LogP contribution < -0.4 is 10.4 Å². The fourth-order valence-electron chi connectivity index (χ4n) is 2.42. The summed E-state index contributed by atoms with van der Waals surface area (Å²) in [6.07, 6.45) is 1.22. The van der Waals surface area contributed by atoms with Gasteiger partial charge in [-0.2, -0.15) is 0 Å². The normalized spacial score (nSPS) is 31.9. The lowest BCUT2D eigenvalue weighted by Gasteiger charge is -2.24. The van der Waals surface area contributed by atoms with E-state index in [9.17, 15) is 9.90 Å². The maximum atomic E-state index is 10.6. The van der Waals surface area contributed by atoms with E-state index >= 15 is 0 Å². The van der Waals surface area contributed by atoms with Gasteiger partial charge in [-0.25, -0.2) is 0 Å². The first-order valence-electron chi connectivity index (χ1n) is 5.65. The van der Waals surface area contributed by atoms with Crippen molar-refractivity contribution >= 4 is 6.09 Å². The highest BCUT2D eigenvalue weighted by molar-refractivity contribution is 5.62. The molecule has 2 N–H and O–H groups in total.